The summed E-state index contributed by atoms with van der Waals surface area (Å²) in [6.07, 6.45) is 6.85. The number of aryl methyl sites for hydroxylation is 1. The Balaban J connectivity index is 1.62. The smallest absolute Gasteiger partial charge is 0.257 e. The molecule has 1 saturated heterocycles. The maximum Gasteiger partial charge on any atom is 0.257 e. The minimum absolute atomic E-state index is 0.00493. The van der Waals surface area contributed by atoms with Crippen molar-refractivity contribution in [2.45, 2.75) is 32.7 Å². The zero-order valence-electron chi connectivity index (χ0n) is 14.7. The number of rotatable bonds is 5. The number of halogens is 1. The highest BCUT2D eigenvalue weighted by Gasteiger charge is 2.26. The third kappa shape index (κ3) is 3.98. The van der Waals surface area contributed by atoms with Gasteiger partial charge in [-0.2, -0.15) is 0 Å². The third-order valence-corrected chi connectivity index (χ3v) is 5.10. The summed E-state index contributed by atoms with van der Waals surface area (Å²) in [5.41, 5.74) is 0.538. The van der Waals surface area contributed by atoms with Crippen molar-refractivity contribution in [1.29, 1.82) is 0 Å². The van der Waals surface area contributed by atoms with E-state index in [0.717, 1.165) is 44.7 Å². The van der Waals surface area contributed by atoms with E-state index in [1.54, 1.807) is 25.3 Å². The Labute approximate surface area is 153 Å². The Kier molecular flexibility index (Phi) is 5.63. The second kappa shape index (κ2) is 7.91. The summed E-state index contributed by atoms with van der Waals surface area (Å²) in [5.74, 6) is 2.27. The van der Waals surface area contributed by atoms with E-state index in [2.05, 4.69) is 16.5 Å². The fraction of sp³-hybridized carbons (Fsp3) is 0.474. The van der Waals surface area contributed by atoms with Gasteiger partial charge in [0.25, 0.3) is 5.91 Å². The predicted molar refractivity (Wildman–Crippen MR) is 98.2 cm³/mol. The summed E-state index contributed by atoms with van der Waals surface area (Å²) < 4.78 is 7.55. The molecule has 1 aromatic carbocycles. The average molecular weight is 362 g/mol. The maximum absolute atomic E-state index is 12.8. The highest BCUT2D eigenvalue weighted by atomic mass is 35.5. The van der Waals surface area contributed by atoms with Crippen molar-refractivity contribution in [2.75, 3.05) is 20.2 Å². The molecule has 1 aliphatic rings. The molecule has 3 rings (SSSR count). The number of likely N-dealkylation sites (tertiary alicyclic amines) is 1. The lowest BCUT2D eigenvalue weighted by Gasteiger charge is -2.32. The fourth-order valence-electron chi connectivity index (χ4n) is 3.44. The SMILES string of the molecule is CCc1nccn1CC1CCN(C(=O)c2cc(Cl)ccc2OC)CC1. The van der Waals surface area contributed by atoms with Crippen LogP contribution in [0.15, 0.2) is 30.6 Å². The number of nitrogens with zero attached hydrogens (tertiary/aromatic N) is 3. The van der Waals surface area contributed by atoms with Gasteiger partial charge in [0.1, 0.15) is 11.6 Å². The zero-order valence-corrected chi connectivity index (χ0v) is 15.5. The molecule has 1 aromatic heterocycles. The molecule has 5 nitrogen and oxygen atoms in total. The summed E-state index contributed by atoms with van der Waals surface area (Å²) in [5, 5.41) is 0.547. The van der Waals surface area contributed by atoms with E-state index in [-0.39, 0.29) is 5.91 Å². The van der Waals surface area contributed by atoms with Gasteiger partial charge in [-0.3, -0.25) is 4.79 Å². The van der Waals surface area contributed by atoms with E-state index in [9.17, 15) is 4.79 Å². The van der Waals surface area contributed by atoms with Crippen LogP contribution >= 0.6 is 11.6 Å². The molecule has 1 fully saturated rings. The van der Waals surface area contributed by atoms with Crippen LogP contribution in [0.1, 0.15) is 35.9 Å². The van der Waals surface area contributed by atoms with Crippen molar-refractivity contribution in [1.82, 2.24) is 14.5 Å². The van der Waals surface area contributed by atoms with Gasteiger partial charge >= 0.3 is 0 Å². The molecule has 0 radical (unpaired) electrons. The predicted octanol–water partition coefficient (Wildman–Crippen LogP) is 3.66. The van der Waals surface area contributed by atoms with Crippen LogP contribution in [0.2, 0.25) is 5.02 Å². The van der Waals surface area contributed by atoms with Crippen LogP contribution in [0.4, 0.5) is 0 Å². The number of carbonyl (C=O) groups excluding carboxylic acids is 1. The van der Waals surface area contributed by atoms with Crippen LogP contribution in [0, 0.1) is 5.92 Å². The van der Waals surface area contributed by atoms with Crippen LogP contribution in [0.25, 0.3) is 0 Å². The first-order chi connectivity index (χ1) is 12.1. The summed E-state index contributed by atoms with van der Waals surface area (Å²) in [7, 11) is 1.57. The number of hydrogen-bond donors (Lipinski definition) is 0. The van der Waals surface area contributed by atoms with Gasteiger partial charge in [0.2, 0.25) is 0 Å². The maximum atomic E-state index is 12.8. The van der Waals surface area contributed by atoms with Gasteiger partial charge in [-0.15, -0.1) is 0 Å². The van der Waals surface area contributed by atoms with Crippen LogP contribution in [-0.4, -0.2) is 40.6 Å². The summed E-state index contributed by atoms with van der Waals surface area (Å²) in [6.45, 7) is 4.62. The zero-order chi connectivity index (χ0) is 17.8. The second-order valence-corrected chi connectivity index (χ2v) is 6.87. The first kappa shape index (κ1) is 17.8. The number of piperidine rings is 1. The Bertz CT molecular complexity index is 736. The van der Waals surface area contributed by atoms with Gasteiger partial charge in [0, 0.05) is 43.5 Å². The molecule has 0 bridgehead atoms. The summed E-state index contributed by atoms with van der Waals surface area (Å²) >= 11 is 6.05. The lowest BCUT2D eigenvalue weighted by Crippen LogP contribution is -2.39. The standard InChI is InChI=1S/C19H24ClN3O2/c1-3-18-21-8-11-23(18)13-14-6-9-22(10-7-14)19(24)16-12-15(20)4-5-17(16)25-2/h4-5,8,11-12,14H,3,6-7,9-10,13H2,1-2H3. The summed E-state index contributed by atoms with van der Waals surface area (Å²) in [6, 6.07) is 5.17. The Morgan fingerprint density at radius 2 is 2.12 bits per heavy atom. The quantitative estimate of drug-likeness (QED) is 0.816. The molecule has 2 aromatic rings. The minimum atomic E-state index is -0.00493. The van der Waals surface area contributed by atoms with Gasteiger partial charge in [0.15, 0.2) is 0 Å². The van der Waals surface area contributed by atoms with Crippen molar-refractivity contribution in [2.24, 2.45) is 5.92 Å². The fourth-order valence-corrected chi connectivity index (χ4v) is 3.61. The number of imidazole rings is 1. The van der Waals surface area contributed by atoms with Gasteiger partial charge in [-0.25, -0.2) is 4.98 Å². The van der Waals surface area contributed by atoms with Crippen LogP contribution < -0.4 is 4.74 Å². The minimum Gasteiger partial charge on any atom is -0.496 e. The first-order valence-electron chi connectivity index (χ1n) is 8.75. The Hall–Kier alpha value is -2.01. The highest BCUT2D eigenvalue weighted by Crippen LogP contribution is 2.27. The van der Waals surface area contributed by atoms with E-state index in [0.29, 0.717) is 22.3 Å². The molecule has 25 heavy (non-hydrogen) atoms. The van der Waals surface area contributed by atoms with Crippen LogP contribution in [0.5, 0.6) is 5.75 Å². The normalized spacial score (nSPS) is 15.4. The molecule has 2 heterocycles. The van der Waals surface area contributed by atoms with Gasteiger partial charge in [0.05, 0.1) is 12.7 Å². The van der Waals surface area contributed by atoms with E-state index in [1.165, 1.54) is 0 Å². The van der Waals surface area contributed by atoms with E-state index in [4.69, 9.17) is 16.3 Å². The molecule has 134 valence electrons. The van der Waals surface area contributed by atoms with Crippen molar-refractivity contribution < 1.29 is 9.53 Å². The number of carbonyl (C=O) groups is 1. The first-order valence-corrected chi connectivity index (χ1v) is 9.13. The Morgan fingerprint density at radius 1 is 1.36 bits per heavy atom. The van der Waals surface area contributed by atoms with E-state index in [1.807, 2.05) is 17.3 Å². The second-order valence-electron chi connectivity index (χ2n) is 6.43. The number of hydrogen-bond acceptors (Lipinski definition) is 3. The largest absolute Gasteiger partial charge is 0.496 e. The van der Waals surface area contributed by atoms with Crippen molar-refractivity contribution in [3.63, 3.8) is 0 Å². The molecule has 0 spiro atoms. The van der Waals surface area contributed by atoms with E-state index < -0.39 is 0 Å². The number of amides is 1. The van der Waals surface area contributed by atoms with Crippen molar-refractivity contribution >= 4 is 17.5 Å². The third-order valence-electron chi connectivity index (χ3n) is 4.87. The van der Waals surface area contributed by atoms with Crippen LogP contribution in [-0.2, 0) is 13.0 Å². The number of methoxy groups -OCH3 is 1. The molecule has 1 amide bonds. The lowest BCUT2D eigenvalue weighted by molar-refractivity contribution is 0.0679. The van der Waals surface area contributed by atoms with Crippen molar-refractivity contribution in [3.05, 3.63) is 47.0 Å². The molecular formula is C19H24ClN3O2. The number of aromatic nitrogens is 2. The molecule has 1 aliphatic heterocycles. The molecule has 0 N–H and O–H groups in total. The monoisotopic (exact) mass is 361 g/mol. The highest BCUT2D eigenvalue weighted by molar-refractivity contribution is 6.31. The lowest BCUT2D eigenvalue weighted by atomic mass is 9.96. The van der Waals surface area contributed by atoms with Gasteiger partial charge in [-0.05, 0) is 37.0 Å². The molecular weight excluding hydrogens is 338 g/mol. The Morgan fingerprint density at radius 3 is 2.80 bits per heavy atom. The molecule has 0 unspecified atom stereocenters. The topological polar surface area (TPSA) is 47.4 Å². The van der Waals surface area contributed by atoms with Crippen molar-refractivity contribution in [3.8, 4) is 5.75 Å². The van der Waals surface area contributed by atoms with Gasteiger partial charge in [-0.1, -0.05) is 18.5 Å². The molecule has 0 atom stereocenters. The molecule has 6 heteroatoms. The van der Waals surface area contributed by atoms with Crippen LogP contribution in [0.3, 0.4) is 0 Å². The molecule has 0 aliphatic carbocycles. The summed E-state index contributed by atoms with van der Waals surface area (Å²) in [4.78, 5) is 19.1. The van der Waals surface area contributed by atoms with Gasteiger partial charge < -0.3 is 14.2 Å². The number of benzene rings is 1. The molecule has 0 saturated carbocycles. The van der Waals surface area contributed by atoms with E-state index >= 15 is 0 Å². The number of ether oxygens (including phenoxy) is 1. The average Bonchev–Trinajstić information content (AvgIpc) is 3.09.